The third kappa shape index (κ3) is 3.48. The molecule has 0 unspecified atom stereocenters. The van der Waals surface area contributed by atoms with E-state index in [0.29, 0.717) is 5.56 Å². The molecule has 0 saturated carbocycles. The zero-order valence-corrected chi connectivity index (χ0v) is 11.7. The highest BCUT2D eigenvalue weighted by atomic mass is 35.5. The summed E-state index contributed by atoms with van der Waals surface area (Å²) in [4.78, 5) is 10.4. The maximum Gasteiger partial charge on any atom is 0.311 e. The van der Waals surface area contributed by atoms with Crippen molar-refractivity contribution in [2.24, 2.45) is 0 Å². The number of hydrogen-bond donors (Lipinski definition) is 1. The summed E-state index contributed by atoms with van der Waals surface area (Å²) in [6.45, 7) is 1.49. The second kappa shape index (κ2) is 6.07. The topological polar surface area (TPSA) is 72.6 Å². The Labute approximate surface area is 124 Å². The first-order valence-electron chi connectivity index (χ1n) is 5.98. The summed E-state index contributed by atoms with van der Waals surface area (Å²) in [5.41, 5.74) is 0.0695. The van der Waals surface area contributed by atoms with Crippen LogP contribution in [0.2, 0.25) is 5.02 Å². The van der Waals surface area contributed by atoms with Crippen LogP contribution in [0.1, 0.15) is 18.6 Å². The molecule has 5 nitrogen and oxygen atoms in total. The number of benzene rings is 2. The minimum Gasteiger partial charge on any atom is -0.450 e. The Bertz CT molecular complexity index is 691. The molecule has 7 heteroatoms. The van der Waals surface area contributed by atoms with E-state index in [4.69, 9.17) is 16.3 Å². The SMILES string of the molecule is C[C@@H](O)c1ccc(Oc2ccc(Cl)c(F)c2)c([N+](=O)[O-])c1. The van der Waals surface area contributed by atoms with Gasteiger partial charge in [0.1, 0.15) is 11.6 Å². The van der Waals surface area contributed by atoms with E-state index < -0.39 is 16.8 Å². The van der Waals surface area contributed by atoms with E-state index in [1.165, 1.54) is 37.3 Å². The van der Waals surface area contributed by atoms with Gasteiger partial charge in [0.2, 0.25) is 5.75 Å². The molecular weight excluding hydrogens is 301 g/mol. The highest BCUT2D eigenvalue weighted by Gasteiger charge is 2.18. The molecule has 0 heterocycles. The molecule has 0 radical (unpaired) electrons. The lowest BCUT2D eigenvalue weighted by Crippen LogP contribution is -1.97. The van der Waals surface area contributed by atoms with Gasteiger partial charge in [0.05, 0.1) is 16.0 Å². The molecule has 0 saturated heterocycles. The van der Waals surface area contributed by atoms with Crippen LogP contribution in [0.15, 0.2) is 36.4 Å². The first kappa shape index (κ1) is 15.2. The van der Waals surface area contributed by atoms with Gasteiger partial charge in [0.25, 0.3) is 0 Å². The maximum absolute atomic E-state index is 13.3. The quantitative estimate of drug-likeness (QED) is 0.677. The zero-order chi connectivity index (χ0) is 15.6. The van der Waals surface area contributed by atoms with Crippen molar-refractivity contribution in [3.63, 3.8) is 0 Å². The van der Waals surface area contributed by atoms with Crippen LogP contribution in [0.5, 0.6) is 11.5 Å². The molecule has 2 aromatic carbocycles. The lowest BCUT2D eigenvalue weighted by molar-refractivity contribution is -0.385. The Morgan fingerprint density at radius 2 is 2.05 bits per heavy atom. The fourth-order valence-electron chi connectivity index (χ4n) is 1.69. The van der Waals surface area contributed by atoms with Crippen molar-refractivity contribution in [3.8, 4) is 11.5 Å². The summed E-state index contributed by atoms with van der Waals surface area (Å²) in [6.07, 6.45) is -0.842. The standard InChI is InChI=1S/C14H11ClFNO4/c1-8(18)9-2-5-14(13(6-9)17(19)20)21-10-3-4-11(15)12(16)7-10/h2-8,18H,1H3/t8-/m1/s1. The van der Waals surface area contributed by atoms with E-state index in [1.54, 1.807) is 0 Å². The maximum atomic E-state index is 13.3. The lowest BCUT2D eigenvalue weighted by Gasteiger charge is -2.09. The molecule has 0 amide bonds. The second-order valence-electron chi connectivity index (χ2n) is 4.34. The van der Waals surface area contributed by atoms with Gasteiger partial charge in [-0.15, -0.1) is 0 Å². The number of rotatable bonds is 4. The molecule has 0 aliphatic rings. The molecule has 1 atom stereocenters. The number of nitro benzene ring substituents is 1. The first-order valence-corrected chi connectivity index (χ1v) is 6.35. The van der Waals surface area contributed by atoms with Gasteiger partial charge in [-0.05, 0) is 30.7 Å². The predicted octanol–water partition coefficient (Wildman–Crippen LogP) is 4.23. The monoisotopic (exact) mass is 311 g/mol. The summed E-state index contributed by atoms with van der Waals surface area (Å²) in [6, 6.07) is 7.80. The normalized spacial score (nSPS) is 12.0. The Balaban J connectivity index is 2.39. The van der Waals surface area contributed by atoms with Gasteiger partial charge in [0.15, 0.2) is 0 Å². The summed E-state index contributed by atoms with van der Waals surface area (Å²) >= 11 is 5.55. The number of nitrogens with zero attached hydrogens (tertiary/aromatic N) is 1. The van der Waals surface area contributed by atoms with E-state index in [-0.39, 0.29) is 22.2 Å². The van der Waals surface area contributed by atoms with Crippen LogP contribution in [0.3, 0.4) is 0 Å². The van der Waals surface area contributed by atoms with Crippen LogP contribution in [-0.2, 0) is 0 Å². The molecule has 0 bridgehead atoms. The number of ether oxygens (including phenoxy) is 1. The third-order valence-electron chi connectivity index (χ3n) is 2.78. The van der Waals surface area contributed by atoms with Crippen LogP contribution in [0.25, 0.3) is 0 Å². The van der Waals surface area contributed by atoms with Crippen LogP contribution >= 0.6 is 11.6 Å². The Hall–Kier alpha value is -2.18. The van der Waals surface area contributed by atoms with Gasteiger partial charge in [-0.3, -0.25) is 10.1 Å². The average Bonchev–Trinajstić information content (AvgIpc) is 2.43. The smallest absolute Gasteiger partial charge is 0.311 e. The summed E-state index contributed by atoms with van der Waals surface area (Å²) in [5.74, 6) is -0.645. The van der Waals surface area contributed by atoms with Gasteiger partial charge < -0.3 is 9.84 Å². The van der Waals surface area contributed by atoms with E-state index >= 15 is 0 Å². The number of aliphatic hydroxyl groups is 1. The van der Waals surface area contributed by atoms with Crippen LogP contribution < -0.4 is 4.74 Å². The number of aliphatic hydroxyl groups excluding tert-OH is 1. The molecule has 0 aliphatic heterocycles. The van der Waals surface area contributed by atoms with Crippen molar-refractivity contribution in [2.75, 3.05) is 0 Å². The molecule has 0 aromatic heterocycles. The summed E-state index contributed by atoms with van der Waals surface area (Å²) in [5, 5.41) is 20.4. The first-order chi connectivity index (χ1) is 9.88. The van der Waals surface area contributed by atoms with E-state index in [9.17, 15) is 19.6 Å². The van der Waals surface area contributed by atoms with Gasteiger partial charge in [-0.25, -0.2) is 4.39 Å². The van der Waals surface area contributed by atoms with Crippen molar-refractivity contribution >= 4 is 17.3 Å². The Kier molecular flexibility index (Phi) is 4.40. The predicted molar refractivity (Wildman–Crippen MR) is 75.2 cm³/mol. The van der Waals surface area contributed by atoms with Crippen LogP contribution in [0, 0.1) is 15.9 Å². The van der Waals surface area contributed by atoms with E-state index in [0.717, 1.165) is 6.07 Å². The average molecular weight is 312 g/mol. The molecule has 0 spiro atoms. The fourth-order valence-corrected chi connectivity index (χ4v) is 1.81. The zero-order valence-electron chi connectivity index (χ0n) is 10.9. The van der Waals surface area contributed by atoms with Gasteiger partial charge in [-0.2, -0.15) is 0 Å². The lowest BCUT2D eigenvalue weighted by atomic mass is 10.1. The highest BCUT2D eigenvalue weighted by molar-refractivity contribution is 6.30. The minimum absolute atomic E-state index is 0.0499. The van der Waals surface area contributed by atoms with Crippen molar-refractivity contribution in [2.45, 2.75) is 13.0 Å². The van der Waals surface area contributed by atoms with Crippen LogP contribution in [0.4, 0.5) is 10.1 Å². The molecule has 1 N–H and O–H groups in total. The van der Waals surface area contributed by atoms with Gasteiger partial charge in [0, 0.05) is 12.1 Å². The summed E-state index contributed by atoms with van der Waals surface area (Å²) in [7, 11) is 0. The van der Waals surface area contributed by atoms with Gasteiger partial charge in [-0.1, -0.05) is 17.7 Å². The van der Waals surface area contributed by atoms with E-state index in [2.05, 4.69) is 0 Å². The second-order valence-corrected chi connectivity index (χ2v) is 4.75. The third-order valence-corrected chi connectivity index (χ3v) is 3.09. The molecule has 21 heavy (non-hydrogen) atoms. The van der Waals surface area contributed by atoms with Crippen molar-refractivity contribution in [1.82, 2.24) is 0 Å². The molecule has 0 aliphatic carbocycles. The molecular formula is C14H11ClFNO4. The highest BCUT2D eigenvalue weighted by Crippen LogP contribution is 2.34. The van der Waals surface area contributed by atoms with Gasteiger partial charge >= 0.3 is 5.69 Å². The Morgan fingerprint density at radius 3 is 2.62 bits per heavy atom. The summed E-state index contributed by atoms with van der Waals surface area (Å²) < 4.78 is 18.7. The van der Waals surface area contributed by atoms with Crippen LogP contribution in [-0.4, -0.2) is 10.0 Å². The van der Waals surface area contributed by atoms with Crippen molar-refractivity contribution in [1.29, 1.82) is 0 Å². The van der Waals surface area contributed by atoms with Crippen molar-refractivity contribution < 1.29 is 19.2 Å². The molecule has 2 aromatic rings. The minimum atomic E-state index is -0.842. The van der Waals surface area contributed by atoms with Crippen molar-refractivity contribution in [3.05, 3.63) is 62.9 Å². The largest absolute Gasteiger partial charge is 0.450 e. The van der Waals surface area contributed by atoms with E-state index in [1.807, 2.05) is 0 Å². The Morgan fingerprint density at radius 1 is 1.33 bits per heavy atom. The number of hydrogen-bond acceptors (Lipinski definition) is 4. The number of halogens is 2. The number of nitro groups is 1. The molecule has 110 valence electrons. The molecule has 0 fully saturated rings. The fraction of sp³-hybridized carbons (Fsp3) is 0.143. The molecule has 2 rings (SSSR count).